The molecule has 32 heavy (non-hydrogen) atoms. The quantitative estimate of drug-likeness (QED) is 0.550. The highest BCUT2D eigenvalue weighted by Crippen LogP contribution is 2.39. The molecule has 1 aromatic heterocycles. The van der Waals surface area contributed by atoms with E-state index in [1.54, 1.807) is 0 Å². The molecule has 0 spiro atoms. The standard InChI is InChI=1S/C25H35N5O2/c1-5-26-24(29-21-15-25(3,4)32-22-9-7-6-8-20(21)22)28-16-19-10-11-27-23(14-19)30-12-13-31-18(2)17-30/h6-11,14,18,21H,5,12-13,15-17H2,1-4H3,(H2,26,28,29). The predicted molar refractivity (Wildman–Crippen MR) is 128 cm³/mol. The fourth-order valence-corrected chi connectivity index (χ4v) is 4.34. The maximum absolute atomic E-state index is 6.18. The highest BCUT2D eigenvalue weighted by atomic mass is 16.5. The van der Waals surface area contributed by atoms with Gasteiger partial charge < -0.3 is 25.0 Å². The molecule has 0 amide bonds. The van der Waals surface area contributed by atoms with Crippen LogP contribution in [0.15, 0.2) is 47.6 Å². The predicted octanol–water partition coefficient (Wildman–Crippen LogP) is 3.66. The first-order valence-corrected chi connectivity index (χ1v) is 11.6. The first kappa shape index (κ1) is 22.4. The van der Waals surface area contributed by atoms with Crippen LogP contribution in [0.1, 0.15) is 51.3 Å². The van der Waals surface area contributed by atoms with E-state index >= 15 is 0 Å². The number of guanidine groups is 1. The van der Waals surface area contributed by atoms with Gasteiger partial charge in [0.2, 0.25) is 0 Å². The van der Waals surface area contributed by atoms with Crippen LogP contribution in [0.2, 0.25) is 0 Å². The molecule has 2 N–H and O–H groups in total. The van der Waals surface area contributed by atoms with Gasteiger partial charge in [-0.1, -0.05) is 18.2 Å². The fourth-order valence-electron chi connectivity index (χ4n) is 4.34. The minimum absolute atomic E-state index is 0.135. The Morgan fingerprint density at radius 1 is 1.28 bits per heavy atom. The number of nitrogens with zero attached hydrogens (tertiary/aromatic N) is 3. The van der Waals surface area contributed by atoms with Crippen LogP contribution in [0.25, 0.3) is 0 Å². The number of ether oxygens (including phenoxy) is 2. The van der Waals surface area contributed by atoms with Gasteiger partial charge in [0.1, 0.15) is 17.2 Å². The van der Waals surface area contributed by atoms with Crippen molar-refractivity contribution in [3.8, 4) is 5.75 Å². The van der Waals surface area contributed by atoms with Crippen molar-refractivity contribution in [1.29, 1.82) is 0 Å². The number of nitrogens with one attached hydrogen (secondary N) is 2. The van der Waals surface area contributed by atoms with Crippen LogP contribution in [0.5, 0.6) is 5.75 Å². The van der Waals surface area contributed by atoms with Gasteiger partial charge >= 0.3 is 0 Å². The molecule has 1 aromatic carbocycles. The molecule has 2 aliphatic heterocycles. The third kappa shape index (κ3) is 5.51. The Hall–Kier alpha value is -2.80. The first-order chi connectivity index (χ1) is 15.4. The molecule has 2 atom stereocenters. The zero-order chi connectivity index (χ0) is 22.6. The summed E-state index contributed by atoms with van der Waals surface area (Å²) in [6, 6.07) is 12.6. The van der Waals surface area contributed by atoms with Crippen LogP contribution >= 0.6 is 0 Å². The van der Waals surface area contributed by atoms with Crippen LogP contribution in [-0.2, 0) is 11.3 Å². The largest absolute Gasteiger partial charge is 0.487 e. The number of benzene rings is 1. The lowest BCUT2D eigenvalue weighted by molar-refractivity contribution is 0.0529. The lowest BCUT2D eigenvalue weighted by atomic mass is 9.90. The Kier molecular flexibility index (Phi) is 6.84. The number of fused-ring (bicyclic) bond motifs is 1. The van der Waals surface area contributed by atoms with Gasteiger partial charge in [-0.25, -0.2) is 9.98 Å². The summed E-state index contributed by atoms with van der Waals surface area (Å²) in [5.41, 5.74) is 2.07. The molecule has 7 nitrogen and oxygen atoms in total. The summed E-state index contributed by atoms with van der Waals surface area (Å²) in [5.74, 6) is 2.74. The molecule has 0 saturated carbocycles. The van der Waals surface area contributed by atoms with Gasteiger partial charge in [-0.3, -0.25) is 0 Å². The van der Waals surface area contributed by atoms with Crippen molar-refractivity contribution < 1.29 is 9.47 Å². The van der Waals surface area contributed by atoms with Gasteiger partial charge in [-0.05, 0) is 51.5 Å². The van der Waals surface area contributed by atoms with E-state index in [4.69, 9.17) is 14.5 Å². The number of para-hydroxylation sites is 1. The number of rotatable bonds is 5. The molecule has 2 unspecified atom stereocenters. The number of hydrogen-bond acceptors (Lipinski definition) is 5. The van der Waals surface area contributed by atoms with Crippen LogP contribution in [0.4, 0.5) is 5.82 Å². The monoisotopic (exact) mass is 437 g/mol. The molecule has 2 aliphatic rings. The Balaban J connectivity index is 1.49. The molecular weight excluding hydrogens is 402 g/mol. The third-order valence-corrected chi connectivity index (χ3v) is 5.83. The lowest BCUT2D eigenvalue weighted by Crippen LogP contribution is -2.45. The molecule has 172 valence electrons. The summed E-state index contributed by atoms with van der Waals surface area (Å²) in [5, 5.41) is 7.04. The average Bonchev–Trinajstić information content (AvgIpc) is 2.77. The zero-order valence-electron chi connectivity index (χ0n) is 19.6. The summed E-state index contributed by atoms with van der Waals surface area (Å²) >= 11 is 0. The van der Waals surface area contributed by atoms with Gasteiger partial charge in [-0.15, -0.1) is 0 Å². The van der Waals surface area contributed by atoms with Crippen molar-refractivity contribution in [2.24, 2.45) is 4.99 Å². The Bertz CT molecular complexity index is 945. The Morgan fingerprint density at radius 2 is 2.12 bits per heavy atom. The van der Waals surface area contributed by atoms with Crippen LogP contribution in [-0.4, -0.2) is 48.9 Å². The molecule has 1 fully saturated rings. The lowest BCUT2D eigenvalue weighted by Gasteiger charge is -2.38. The van der Waals surface area contributed by atoms with E-state index < -0.39 is 0 Å². The molecule has 0 bridgehead atoms. The molecule has 7 heteroatoms. The van der Waals surface area contributed by atoms with Crippen LogP contribution in [0, 0.1) is 0 Å². The molecule has 0 radical (unpaired) electrons. The molecule has 1 saturated heterocycles. The minimum Gasteiger partial charge on any atom is -0.487 e. The van der Waals surface area contributed by atoms with E-state index in [-0.39, 0.29) is 17.7 Å². The van der Waals surface area contributed by atoms with Crippen molar-refractivity contribution in [1.82, 2.24) is 15.6 Å². The van der Waals surface area contributed by atoms with Gasteiger partial charge in [-0.2, -0.15) is 0 Å². The number of morpholine rings is 1. The number of anilines is 1. The van der Waals surface area contributed by atoms with E-state index in [0.29, 0.717) is 6.54 Å². The van der Waals surface area contributed by atoms with Crippen LogP contribution in [0.3, 0.4) is 0 Å². The van der Waals surface area contributed by atoms with E-state index in [1.807, 2.05) is 24.4 Å². The summed E-state index contributed by atoms with van der Waals surface area (Å²) in [4.78, 5) is 11.7. The van der Waals surface area contributed by atoms with Crippen molar-refractivity contribution in [3.05, 3.63) is 53.7 Å². The van der Waals surface area contributed by atoms with Crippen molar-refractivity contribution in [2.75, 3.05) is 31.1 Å². The second-order valence-electron chi connectivity index (χ2n) is 9.15. The maximum atomic E-state index is 6.18. The summed E-state index contributed by atoms with van der Waals surface area (Å²) in [7, 11) is 0. The number of aromatic nitrogens is 1. The fraction of sp³-hybridized carbons (Fsp3) is 0.520. The van der Waals surface area contributed by atoms with E-state index in [9.17, 15) is 0 Å². The second kappa shape index (κ2) is 9.77. The maximum Gasteiger partial charge on any atom is 0.192 e. The molecule has 2 aromatic rings. The van der Waals surface area contributed by atoms with Gasteiger partial charge in [0.05, 0.1) is 25.3 Å². The van der Waals surface area contributed by atoms with Crippen molar-refractivity contribution in [3.63, 3.8) is 0 Å². The first-order valence-electron chi connectivity index (χ1n) is 11.6. The molecule has 4 rings (SSSR count). The average molecular weight is 438 g/mol. The number of aliphatic imine (C=N–C) groups is 1. The second-order valence-corrected chi connectivity index (χ2v) is 9.15. The number of hydrogen-bond donors (Lipinski definition) is 2. The van der Waals surface area contributed by atoms with Gasteiger partial charge in [0.25, 0.3) is 0 Å². The number of pyridine rings is 1. The van der Waals surface area contributed by atoms with Crippen molar-refractivity contribution >= 4 is 11.8 Å². The SMILES string of the molecule is CCNC(=NCc1ccnc(N2CCOC(C)C2)c1)NC1CC(C)(C)Oc2ccccc21. The van der Waals surface area contributed by atoms with E-state index in [2.05, 4.69) is 66.4 Å². The molecule has 3 heterocycles. The van der Waals surface area contributed by atoms with Gasteiger partial charge in [0.15, 0.2) is 5.96 Å². The zero-order valence-corrected chi connectivity index (χ0v) is 19.6. The van der Waals surface area contributed by atoms with Crippen LogP contribution < -0.4 is 20.3 Å². The summed E-state index contributed by atoms with van der Waals surface area (Å²) in [6.07, 6.45) is 2.96. The smallest absolute Gasteiger partial charge is 0.192 e. The summed E-state index contributed by atoms with van der Waals surface area (Å²) < 4.78 is 11.8. The van der Waals surface area contributed by atoms with Gasteiger partial charge in [0, 0.05) is 37.8 Å². The van der Waals surface area contributed by atoms with E-state index in [0.717, 1.165) is 55.8 Å². The minimum atomic E-state index is -0.237. The topological polar surface area (TPSA) is 71.0 Å². The highest BCUT2D eigenvalue weighted by Gasteiger charge is 2.34. The highest BCUT2D eigenvalue weighted by molar-refractivity contribution is 5.80. The molecule has 0 aliphatic carbocycles. The molecular formula is C25H35N5O2. The normalized spacial score (nSPS) is 22.6. The van der Waals surface area contributed by atoms with E-state index in [1.165, 1.54) is 5.56 Å². The Labute approximate surface area is 191 Å². The Morgan fingerprint density at radius 3 is 2.94 bits per heavy atom. The third-order valence-electron chi connectivity index (χ3n) is 5.83. The van der Waals surface area contributed by atoms with Crippen molar-refractivity contribution in [2.45, 2.75) is 58.4 Å². The summed E-state index contributed by atoms with van der Waals surface area (Å²) in [6.45, 7) is 12.3.